The third-order valence-corrected chi connectivity index (χ3v) is 4.79. The number of aliphatic imine (C=N–C) groups is 1. The molecule has 0 radical (unpaired) electrons. The number of para-hydroxylation sites is 1. The molecule has 0 aliphatic carbocycles. The first-order valence-electron chi connectivity index (χ1n) is 10.2. The van der Waals surface area contributed by atoms with Gasteiger partial charge in [0.2, 0.25) is 5.96 Å². The summed E-state index contributed by atoms with van der Waals surface area (Å²) in [6, 6.07) is 15.1. The van der Waals surface area contributed by atoms with E-state index in [-0.39, 0.29) is 12.0 Å². The molecule has 1 heterocycles. The fourth-order valence-electron chi connectivity index (χ4n) is 3.22. The van der Waals surface area contributed by atoms with Gasteiger partial charge < -0.3 is 14.8 Å². The summed E-state index contributed by atoms with van der Waals surface area (Å²) in [6.45, 7) is 5.91. The molecule has 0 aromatic heterocycles. The second-order valence-corrected chi connectivity index (χ2v) is 6.87. The lowest BCUT2D eigenvalue weighted by molar-refractivity contribution is 0.0975. The molecule has 0 spiro atoms. The highest BCUT2D eigenvalue weighted by molar-refractivity contribution is 6.10. The molecule has 1 saturated heterocycles. The van der Waals surface area contributed by atoms with Gasteiger partial charge in [-0.25, -0.2) is 4.99 Å². The Morgan fingerprint density at radius 1 is 1.17 bits per heavy atom. The summed E-state index contributed by atoms with van der Waals surface area (Å²) in [5.41, 5.74) is 2.64. The van der Waals surface area contributed by atoms with Gasteiger partial charge >= 0.3 is 0 Å². The number of amides is 1. The highest BCUT2D eigenvalue weighted by Crippen LogP contribution is 2.17. The average Bonchev–Trinajstić information content (AvgIpc) is 3.27. The maximum Gasteiger partial charge on any atom is 0.257 e. The van der Waals surface area contributed by atoms with E-state index in [1.807, 2.05) is 25.1 Å². The van der Waals surface area contributed by atoms with Crippen molar-refractivity contribution in [3.05, 3.63) is 59.7 Å². The average molecular weight is 396 g/mol. The molecule has 1 aliphatic heterocycles. The Morgan fingerprint density at radius 3 is 2.66 bits per heavy atom. The van der Waals surface area contributed by atoms with Crippen LogP contribution in [0.4, 0.5) is 5.69 Å². The van der Waals surface area contributed by atoms with Crippen LogP contribution in [0.2, 0.25) is 0 Å². The summed E-state index contributed by atoms with van der Waals surface area (Å²) in [5.74, 6) is 0.951. The molecule has 1 atom stereocenters. The fraction of sp³-hybridized carbons (Fsp3) is 0.391. The van der Waals surface area contributed by atoms with Crippen LogP contribution >= 0.6 is 0 Å². The van der Waals surface area contributed by atoms with E-state index in [9.17, 15) is 4.79 Å². The van der Waals surface area contributed by atoms with Gasteiger partial charge in [0.15, 0.2) is 0 Å². The second-order valence-electron chi connectivity index (χ2n) is 6.87. The van der Waals surface area contributed by atoms with Gasteiger partial charge in [-0.2, -0.15) is 0 Å². The number of benzene rings is 2. The molecule has 29 heavy (non-hydrogen) atoms. The lowest BCUT2D eigenvalue weighted by Gasteiger charge is -2.15. The fourth-order valence-corrected chi connectivity index (χ4v) is 3.22. The van der Waals surface area contributed by atoms with E-state index < -0.39 is 0 Å². The van der Waals surface area contributed by atoms with E-state index in [0.717, 1.165) is 42.9 Å². The largest absolute Gasteiger partial charge is 0.494 e. The SMILES string of the molecule is CCOc1ccc(C(=O)NC(=NCC2CCCO2)Nc2ccccc2CC)cc1. The second kappa shape index (κ2) is 10.6. The van der Waals surface area contributed by atoms with Crippen LogP contribution in [0.15, 0.2) is 53.5 Å². The summed E-state index contributed by atoms with van der Waals surface area (Å²) in [7, 11) is 0. The molecule has 1 amide bonds. The molecule has 154 valence electrons. The molecule has 6 heteroatoms. The number of nitrogens with one attached hydrogen (secondary N) is 2. The predicted molar refractivity (Wildman–Crippen MR) is 116 cm³/mol. The molecule has 2 aromatic rings. The van der Waals surface area contributed by atoms with Crippen LogP contribution in [0, 0.1) is 0 Å². The van der Waals surface area contributed by atoms with Gasteiger partial charge in [0, 0.05) is 17.9 Å². The number of rotatable bonds is 7. The zero-order chi connectivity index (χ0) is 20.5. The van der Waals surface area contributed by atoms with Crippen molar-refractivity contribution in [1.29, 1.82) is 0 Å². The van der Waals surface area contributed by atoms with Crippen LogP contribution in [-0.4, -0.2) is 37.7 Å². The predicted octanol–water partition coefficient (Wildman–Crippen LogP) is 4.02. The molecule has 0 saturated carbocycles. The van der Waals surface area contributed by atoms with Crippen LogP contribution in [0.5, 0.6) is 5.75 Å². The Morgan fingerprint density at radius 2 is 1.97 bits per heavy atom. The molecule has 0 bridgehead atoms. The van der Waals surface area contributed by atoms with Crippen molar-refractivity contribution in [1.82, 2.24) is 5.32 Å². The van der Waals surface area contributed by atoms with Crippen molar-refractivity contribution in [2.75, 3.05) is 25.1 Å². The number of carbonyl (C=O) groups is 1. The number of anilines is 1. The number of carbonyl (C=O) groups excluding carboxylic acids is 1. The highest BCUT2D eigenvalue weighted by Gasteiger charge is 2.16. The van der Waals surface area contributed by atoms with Crippen molar-refractivity contribution in [3.63, 3.8) is 0 Å². The first-order chi connectivity index (χ1) is 14.2. The van der Waals surface area contributed by atoms with Gasteiger partial charge in [0.05, 0.1) is 19.3 Å². The third kappa shape index (κ3) is 6.06. The van der Waals surface area contributed by atoms with Gasteiger partial charge in [-0.15, -0.1) is 0 Å². The maximum atomic E-state index is 12.8. The van der Waals surface area contributed by atoms with Crippen molar-refractivity contribution < 1.29 is 14.3 Å². The first kappa shape index (κ1) is 20.9. The van der Waals surface area contributed by atoms with Crippen LogP contribution in [0.3, 0.4) is 0 Å². The Kier molecular flexibility index (Phi) is 7.64. The molecule has 2 N–H and O–H groups in total. The molecule has 1 aliphatic rings. The Balaban J connectivity index is 1.74. The minimum atomic E-state index is -0.222. The van der Waals surface area contributed by atoms with Crippen molar-refractivity contribution in [2.45, 2.75) is 39.2 Å². The summed E-state index contributed by atoms with van der Waals surface area (Å²) in [4.78, 5) is 17.4. The van der Waals surface area contributed by atoms with Gasteiger partial charge in [0.1, 0.15) is 5.75 Å². The monoisotopic (exact) mass is 395 g/mol. The van der Waals surface area contributed by atoms with E-state index in [1.165, 1.54) is 0 Å². The van der Waals surface area contributed by atoms with Crippen LogP contribution in [-0.2, 0) is 11.2 Å². The molecule has 2 aromatic carbocycles. The number of hydrogen-bond acceptors (Lipinski definition) is 4. The van der Waals surface area contributed by atoms with E-state index >= 15 is 0 Å². The summed E-state index contributed by atoms with van der Waals surface area (Å²) < 4.78 is 11.1. The maximum absolute atomic E-state index is 12.8. The Labute approximate surface area is 172 Å². The lowest BCUT2D eigenvalue weighted by atomic mass is 10.1. The lowest BCUT2D eigenvalue weighted by Crippen LogP contribution is -2.37. The number of aryl methyl sites for hydroxylation is 1. The van der Waals surface area contributed by atoms with E-state index in [1.54, 1.807) is 24.3 Å². The third-order valence-electron chi connectivity index (χ3n) is 4.79. The molecule has 1 fully saturated rings. The smallest absolute Gasteiger partial charge is 0.257 e. The van der Waals surface area contributed by atoms with E-state index in [2.05, 4.69) is 28.6 Å². The number of ether oxygens (including phenoxy) is 2. The van der Waals surface area contributed by atoms with Crippen LogP contribution < -0.4 is 15.4 Å². The minimum absolute atomic E-state index is 0.107. The molecule has 1 unspecified atom stereocenters. The molecular weight excluding hydrogens is 366 g/mol. The van der Waals surface area contributed by atoms with Gasteiger partial charge in [-0.1, -0.05) is 25.1 Å². The Hall–Kier alpha value is -2.86. The van der Waals surface area contributed by atoms with E-state index in [4.69, 9.17) is 9.47 Å². The minimum Gasteiger partial charge on any atom is -0.494 e. The molecular formula is C23H29N3O3. The van der Waals surface area contributed by atoms with Crippen LogP contribution in [0.25, 0.3) is 0 Å². The van der Waals surface area contributed by atoms with Gasteiger partial charge in [-0.3, -0.25) is 10.1 Å². The first-order valence-corrected chi connectivity index (χ1v) is 10.2. The number of guanidine groups is 1. The quantitative estimate of drug-likeness (QED) is 0.549. The van der Waals surface area contributed by atoms with Gasteiger partial charge in [-0.05, 0) is 62.1 Å². The summed E-state index contributed by atoms with van der Waals surface area (Å²) in [6.07, 6.45) is 3.04. The van der Waals surface area contributed by atoms with Gasteiger partial charge in [0.25, 0.3) is 5.91 Å². The molecule has 3 rings (SSSR count). The van der Waals surface area contributed by atoms with Crippen molar-refractivity contribution >= 4 is 17.6 Å². The summed E-state index contributed by atoms with van der Waals surface area (Å²) in [5, 5.41) is 6.20. The van der Waals surface area contributed by atoms with Crippen molar-refractivity contribution in [3.8, 4) is 5.75 Å². The highest BCUT2D eigenvalue weighted by atomic mass is 16.5. The standard InChI is InChI=1S/C23H29N3O3/c1-3-17-8-5-6-10-21(17)25-23(24-16-20-9-7-15-29-20)26-22(27)18-11-13-19(14-12-18)28-4-2/h5-6,8,10-14,20H,3-4,7,9,15-16H2,1-2H3,(H2,24,25,26,27). The number of nitrogens with zero attached hydrogens (tertiary/aromatic N) is 1. The zero-order valence-electron chi connectivity index (χ0n) is 17.1. The Bertz CT molecular complexity index is 828. The zero-order valence-corrected chi connectivity index (χ0v) is 17.1. The number of hydrogen-bond donors (Lipinski definition) is 2. The normalized spacial score (nSPS) is 16.5. The summed E-state index contributed by atoms with van der Waals surface area (Å²) >= 11 is 0. The van der Waals surface area contributed by atoms with Crippen LogP contribution in [0.1, 0.15) is 42.6 Å². The topological polar surface area (TPSA) is 72.0 Å². The molecule has 6 nitrogen and oxygen atoms in total. The van der Waals surface area contributed by atoms with E-state index in [0.29, 0.717) is 24.7 Å². The van der Waals surface area contributed by atoms with Crippen molar-refractivity contribution in [2.24, 2.45) is 4.99 Å².